The van der Waals surface area contributed by atoms with Crippen LogP contribution < -0.4 is 10.2 Å². The Morgan fingerprint density at radius 1 is 1.30 bits per heavy atom. The summed E-state index contributed by atoms with van der Waals surface area (Å²) in [5.74, 6) is -2.14. The minimum Gasteiger partial charge on any atom is -0.481 e. The quantitative estimate of drug-likeness (QED) is 0.692. The molecule has 0 unspecified atom stereocenters. The van der Waals surface area contributed by atoms with Crippen LogP contribution in [0.5, 0.6) is 0 Å². The Morgan fingerprint density at radius 2 is 2.04 bits per heavy atom. The Bertz CT molecular complexity index is 814. The zero-order valence-electron chi connectivity index (χ0n) is 14.9. The number of carbonyl (C=O) groups excluding carboxylic acids is 3. The predicted octanol–water partition coefficient (Wildman–Crippen LogP) is 1.21. The minimum absolute atomic E-state index is 0.0854. The molecule has 1 aliphatic heterocycles. The average Bonchev–Trinajstić information content (AvgIpc) is 2.71. The molecule has 2 rings (SSSR count). The fraction of sp³-hybridized carbons (Fsp3) is 0.389. The molecule has 0 spiro atoms. The second kappa shape index (κ2) is 8.80. The van der Waals surface area contributed by atoms with Crippen molar-refractivity contribution < 1.29 is 24.3 Å². The molecule has 0 bridgehead atoms. The van der Waals surface area contributed by atoms with Gasteiger partial charge in [-0.15, -0.1) is 0 Å². The number of carbonyl (C=O) groups is 4. The summed E-state index contributed by atoms with van der Waals surface area (Å²) < 4.78 is 0. The number of fused-ring (bicyclic) bond motifs is 1. The van der Waals surface area contributed by atoms with E-state index >= 15 is 0 Å². The molecule has 142 valence electrons. The van der Waals surface area contributed by atoms with Crippen LogP contribution in [0.25, 0.3) is 0 Å². The molecule has 0 saturated carbocycles. The van der Waals surface area contributed by atoms with Gasteiger partial charge in [0.25, 0.3) is 5.91 Å². The maximum Gasteiger partial charge on any atom is 0.305 e. The summed E-state index contributed by atoms with van der Waals surface area (Å²) in [4.78, 5) is 50.3. The highest BCUT2D eigenvalue weighted by Gasteiger charge is 2.30. The third kappa shape index (κ3) is 5.04. The number of aliphatic carboxylic acids is 1. The van der Waals surface area contributed by atoms with Crippen molar-refractivity contribution in [2.45, 2.75) is 25.7 Å². The van der Waals surface area contributed by atoms with Gasteiger partial charge in [0.15, 0.2) is 0 Å². The number of hydrogen-bond donors (Lipinski definition) is 2. The molecular formula is C18H20N4O5. The topological polar surface area (TPSA) is 131 Å². The van der Waals surface area contributed by atoms with Gasteiger partial charge < -0.3 is 20.2 Å². The lowest BCUT2D eigenvalue weighted by molar-refractivity contribution is -0.137. The van der Waals surface area contributed by atoms with E-state index in [-0.39, 0.29) is 49.7 Å². The van der Waals surface area contributed by atoms with Crippen LogP contribution in [0.4, 0.5) is 11.4 Å². The molecule has 9 heteroatoms. The van der Waals surface area contributed by atoms with E-state index in [0.717, 1.165) is 0 Å². The number of nitriles is 1. The molecule has 3 amide bonds. The van der Waals surface area contributed by atoms with E-state index in [2.05, 4.69) is 5.32 Å². The molecule has 0 fully saturated rings. The van der Waals surface area contributed by atoms with Crippen LogP contribution in [0.15, 0.2) is 18.2 Å². The lowest BCUT2D eigenvalue weighted by atomic mass is 10.1. The predicted molar refractivity (Wildman–Crippen MR) is 96.1 cm³/mol. The number of carboxylic acids is 1. The summed E-state index contributed by atoms with van der Waals surface area (Å²) in [7, 11) is 1.54. The zero-order valence-corrected chi connectivity index (χ0v) is 14.9. The van der Waals surface area contributed by atoms with Gasteiger partial charge in [-0.25, -0.2) is 0 Å². The van der Waals surface area contributed by atoms with Gasteiger partial charge in [-0.3, -0.25) is 19.2 Å². The lowest BCUT2D eigenvalue weighted by Gasteiger charge is -2.19. The van der Waals surface area contributed by atoms with Crippen molar-refractivity contribution >= 4 is 35.1 Å². The van der Waals surface area contributed by atoms with Crippen molar-refractivity contribution in [3.05, 3.63) is 23.8 Å². The van der Waals surface area contributed by atoms with Crippen LogP contribution >= 0.6 is 0 Å². The molecule has 1 aromatic rings. The van der Waals surface area contributed by atoms with Crippen molar-refractivity contribution in [3.63, 3.8) is 0 Å². The van der Waals surface area contributed by atoms with E-state index in [0.29, 0.717) is 17.8 Å². The van der Waals surface area contributed by atoms with Crippen molar-refractivity contribution in [2.75, 3.05) is 30.4 Å². The first-order chi connectivity index (χ1) is 12.8. The first-order valence-corrected chi connectivity index (χ1v) is 8.42. The molecular weight excluding hydrogens is 352 g/mol. The maximum absolute atomic E-state index is 12.8. The highest BCUT2D eigenvalue weighted by molar-refractivity contribution is 6.10. The summed E-state index contributed by atoms with van der Waals surface area (Å²) in [6.07, 6.45) is 0.628. The Morgan fingerprint density at radius 3 is 2.70 bits per heavy atom. The number of nitrogens with zero attached hydrogens (tertiary/aromatic N) is 3. The van der Waals surface area contributed by atoms with Crippen LogP contribution in [-0.4, -0.2) is 53.8 Å². The second-order valence-corrected chi connectivity index (χ2v) is 6.11. The zero-order chi connectivity index (χ0) is 20.0. The largest absolute Gasteiger partial charge is 0.481 e. The molecule has 27 heavy (non-hydrogen) atoms. The number of benzene rings is 1. The van der Waals surface area contributed by atoms with E-state index in [4.69, 9.17) is 10.4 Å². The third-order valence-electron chi connectivity index (χ3n) is 4.15. The summed E-state index contributed by atoms with van der Waals surface area (Å²) in [5, 5.41) is 20.0. The number of hydrogen-bond acceptors (Lipinski definition) is 5. The van der Waals surface area contributed by atoms with E-state index in [1.165, 1.54) is 22.9 Å². The molecule has 2 N–H and O–H groups in total. The first kappa shape index (κ1) is 19.9. The maximum atomic E-state index is 12.8. The number of carboxylic acid groups (broad SMARTS) is 1. The minimum atomic E-state index is -1.06. The number of anilines is 2. The van der Waals surface area contributed by atoms with Crippen LogP contribution in [-0.2, 0) is 14.4 Å². The second-order valence-electron chi connectivity index (χ2n) is 6.11. The van der Waals surface area contributed by atoms with Gasteiger partial charge >= 0.3 is 5.97 Å². The van der Waals surface area contributed by atoms with E-state index in [1.54, 1.807) is 12.1 Å². The molecule has 9 nitrogen and oxygen atoms in total. The van der Waals surface area contributed by atoms with E-state index < -0.39 is 11.9 Å². The molecule has 0 radical (unpaired) electrons. The van der Waals surface area contributed by atoms with Gasteiger partial charge in [-0.2, -0.15) is 5.26 Å². The molecule has 0 aliphatic carbocycles. The molecule has 1 heterocycles. The Labute approximate surface area is 156 Å². The lowest BCUT2D eigenvalue weighted by Crippen LogP contribution is -2.38. The number of amides is 3. The standard InChI is InChI=1S/C18H20N4O5/c1-21-14-6-5-12(20-15(23)4-2-3-8-19)10-13(14)18(27)22(11-16(21)24)9-7-17(25)26/h5-6,10H,2-4,7,9,11H2,1H3,(H,20,23)(H,25,26). The Kier molecular flexibility index (Phi) is 6.49. The van der Waals surface area contributed by atoms with Crippen LogP contribution in [0.2, 0.25) is 0 Å². The fourth-order valence-corrected chi connectivity index (χ4v) is 2.69. The van der Waals surface area contributed by atoms with Crippen LogP contribution in [0, 0.1) is 11.3 Å². The van der Waals surface area contributed by atoms with E-state index in [9.17, 15) is 19.2 Å². The summed E-state index contributed by atoms with van der Waals surface area (Å²) >= 11 is 0. The van der Waals surface area contributed by atoms with Crippen molar-refractivity contribution in [1.82, 2.24) is 4.90 Å². The number of nitrogens with one attached hydrogen (secondary N) is 1. The van der Waals surface area contributed by atoms with Crippen molar-refractivity contribution in [2.24, 2.45) is 0 Å². The van der Waals surface area contributed by atoms with Gasteiger partial charge in [0, 0.05) is 32.1 Å². The highest BCUT2D eigenvalue weighted by atomic mass is 16.4. The number of unbranched alkanes of at least 4 members (excludes halogenated alkanes) is 1. The van der Waals surface area contributed by atoms with Gasteiger partial charge in [0.1, 0.15) is 6.54 Å². The van der Waals surface area contributed by atoms with Crippen LogP contribution in [0.1, 0.15) is 36.0 Å². The van der Waals surface area contributed by atoms with Gasteiger partial charge in [-0.05, 0) is 24.6 Å². The summed E-state index contributed by atoms with van der Waals surface area (Å²) in [5.41, 5.74) is 0.999. The van der Waals surface area contributed by atoms with Crippen molar-refractivity contribution in [1.29, 1.82) is 5.26 Å². The smallest absolute Gasteiger partial charge is 0.305 e. The molecule has 0 atom stereocenters. The van der Waals surface area contributed by atoms with Crippen LogP contribution in [0.3, 0.4) is 0 Å². The number of likely N-dealkylation sites (N-methyl/N-ethyl adjacent to an activating group) is 1. The normalized spacial score (nSPS) is 13.6. The van der Waals surface area contributed by atoms with Gasteiger partial charge in [0.2, 0.25) is 11.8 Å². The molecule has 0 saturated heterocycles. The Balaban J connectivity index is 2.24. The van der Waals surface area contributed by atoms with Gasteiger partial charge in [0.05, 0.1) is 23.7 Å². The summed E-state index contributed by atoms with van der Waals surface area (Å²) in [6.45, 7) is -0.301. The molecule has 1 aliphatic rings. The summed E-state index contributed by atoms with van der Waals surface area (Å²) in [6, 6.07) is 6.59. The highest BCUT2D eigenvalue weighted by Crippen LogP contribution is 2.28. The average molecular weight is 372 g/mol. The van der Waals surface area contributed by atoms with Gasteiger partial charge in [-0.1, -0.05) is 0 Å². The molecule has 1 aromatic carbocycles. The first-order valence-electron chi connectivity index (χ1n) is 8.42. The molecule has 0 aromatic heterocycles. The SMILES string of the molecule is CN1C(=O)CN(CCC(=O)O)C(=O)c2cc(NC(=O)CCCC#N)ccc21. The van der Waals surface area contributed by atoms with Crippen molar-refractivity contribution in [3.8, 4) is 6.07 Å². The fourth-order valence-electron chi connectivity index (χ4n) is 2.69. The van der Waals surface area contributed by atoms with E-state index in [1.807, 2.05) is 6.07 Å². The monoisotopic (exact) mass is 372 g/mol. The Hall–Kier alpha value is -3.41. The third-order valence-corrected chi connectivity index (χ3v) is 4.15. The number of rotatable bonds is 7.